The molecule has 148 valence electrons. The van der Waals surface area contributed by atoms with Gasteiger partial charge in [-0.1, -0.05) is 36.4 Å². The molecule has 0 unspecified atom stereocenters. The van der Waals surface area contributed by atoms with Gasteiger partial charge in [-0.2, -0.15) is 5.10 Å². The molecule has 8 nitrogen and oxygen atoms in total. The zero-order valence-corrected chi connectivity index (χ0v) is 16.4. The molecule has 2 aromatic heterocycles. The first kappa shape index (κ1) is 18.8. The van der Waals surface area contributed by atoms with E-state index in [4.69, 9.17) is 5.73 Å². The van der Waals surface area contributed by atoms with E-state index in [1.807, 2.05) is 62.4 Å². The van der Waals surface area contributed by atoms with E-state index in [1.165, 1.54) is 0 Å². The van der Waals surface area contributed by atoms with Crippen molar-refractivity contribution in [3.8, 4) is 11.4 Å². The Hall–Kier alpha value is -3.52. The Morgan fingerprint density at radius 1 is 1.21 bits per heavy atom. The topological polar surface area (TPSA) is 115 Å². The maximum absolute atomic E-state index is 12.5. The van der Waals surface area contributed by atoms with Crippen LogP contribution in [-0.4, -0.2) is 30.6 Å². The predicted octanol–water partition coefficient (Wildman–Crippen LogP) is 2.47. The average Bonchev–Trinajstić information content (AvgIpc) is 3.29. The molecule has 0 aliphatic heterocycles. The highest BCUT2D eigenvalue weighted by Crippen LogP contribution is 2.18. The van der Waals surface area contributed by atoms with Crippen molar-refractivity contribution in [2.45, 2.75) is 33.0 Å². The molecule has 8 heteroatoms. The molecule has 29 heavy (non-hydrogen) atoms. The average molecular weight is 389 g/mol. The first-order valence-corrected chi connectivity index (χ1v) is 9.47. The number of aromatic nitrogens is 5. The molecule has 4 aromatic rings. The summed E-state index contributed by atoms with van der Waals surface area (Å²) in [5, 5.41) is 7.42. The van der Waals surface area contributed by atoms with E-state index >= 15 is 0 Å². The second-order valence-electron chi connectivity index (χ2n) is 7.06. The van der Waals surface area contributed by atoms with Crippen LogP contribution in [0.25, 0.3) is 22.4 Å². The van der Waals surface area contributed by atoms with Crippen LogP contribution in [0.15, 0.2) is 48.5 Å². The molecule has 0 aliphatic carbocycles. The van der Waals surface area contributed by atoms with Gasteiger partial charge in [-0.05, 0) is 31.5 Å². The molecule has 4 rings (SSSR count). The van der Waals surface area contributed by atoms with Crippen LogP contribution in [0, 0.1) is 6.92 Å². The van der Waals surface area contributed by atoms with Crippen molar-refractivity contribution in [3.63, 3.8) is 0 Å². The highest BCUT2D eigenvalue weighted by molar-refractivity contribution is 5.77. The van der Waals surface area contributed by atoms with Gasteiger partial charge in [-0.25, -0.2) is 14.6 Å². The van der Waals surface area contributed by atoms with E-state index in [2.05, 4.69) is 25.4 Å². The number of aryl methyl sites for hydroxylation is 1. The fourth-order valence-electron chi connectivity index (χ4n) is 3.20. The number of hydrogen-bond acceptors (Lipinski definition) is 5. The van der Waals surface area contributed by atoms with E-state index in [0.29, 0.717) is 18.2 Å². The minimum absolute atomic E-state index is 0.0577. The van der Waals surface area contributed by atoms with Gasteiger partial charge in [-0.15, -0.1) is 0 Å². The molecule has 2 heterocycles. The molecule has 2 aromatic carbocycles. The number of imidazole rings is 1. The maximum Gasteiger partial charge on any atom is 0.242 e. The lowest BCUT2D eigenvalue weighted by molar-refractivity contribution is -0.122. The summed E-state index contributed by atoms with van der Waals surface area (Å²) in [6.45, 7) is 4.22. The summed E-state index contributed by atoms with van der Waals surface area (Å²) in [4.78, 5) is 24.6. The van der Waals surface area contributed by atoms with E-state index in [0.717, 1.165) is 28.0 Å². The summed E-state index contributed by atoms with van der Waals surface area (Å²) in [6, 6.07) is 15.2. The second-order valence-corrected chi connectivity index (χ2v) is 7.06. The fourth-order valence-corrected chi connectivity index (χ4v) is 3.20. The third-order valence-electron chi connectivity index (χ3n) is 4.59. The van der Waals surface area contributed by atoms with E-state index in [9.17, 15) is 4.79 Å². The molecule has 0 spiro atoms. The Balaban J connectivity index is 1.46. The molecule has 0 radical (unpaired) electrons. The van der Waals surface area contributed by atoms with Crippen LogP contribution < -0.4 is 11.1 Å². The van der Waals surface area contributed by atoms with Crippen LogP contribution in [0.4, 0.5) is 0 Å². The SMILES string of the molecule is Cc1nc2ccc(CNC(=O)Cn3nc(-c4ccccc4)nc3[C@H](C)N)cc2[nH]1. The van der Waals surface area contributed by atoms with Gasteiger partial charge in [0.05, 0.1) is 17.1 Å². The summed E-state index contributed by atoms with van der Waals surface area (Å²) in [7, 11) is 0. The van der Waals surface area contributed by atoms with Gasteiger partial charge >= 0.3 is 0 Å². The molecule has 0 fully saturated rings. The van der Waals surface area contributed by atoms with Gasteiger partial charge in [0.1, 0.15) is 18.2 Å². The Morgan fingerprint density at radius 3 is 2.76 bits per heavy atom. The monoisotopic (exact) mass is 389 g/mol. The van der Waals surface area contributed by atoms with Crippen LogP contribution >= 0.6 is 0 Å². The van der Waals surface area contributed by atoms with Gasteiger partial charge in [0.15, 0.2) is 5.82 Å². The smallest absolute Gasteiger partial charge is 0.242 e. The fraction of sp³-hybridized carbons (Fsp3) is 0.238. The normalized spacial score (nSPS) is 12.2. The summed E-state index contributed by atoms with van der Waals surface area (Å²) < 4.78 is 1.57. The van der Waals surface area contributed by atoms with Gasteiger partial charge < -0.3 is 16.0 Å². The number of hydrogen-bond donors (Lipinski definition) is 3. The third-order valence-corrected chi connectivity index (χ3v) is 4.59. The van der Waals surface area contributed by atoms with Crippen LogP contribution in [0.1, 0.15) is 30.2 Å². The van der Waals surface area contributed by atoms with Gasteiger partial charge in [-0.3, -0.25) is 4.79 Å². The highest BCUT2D eigenvalue weighted by atomic mass is 16.2. The summed E-state index contributed by atoms with van der Waals surface area (Å²) in [6.07, 6.45) is 0. The number of nitrogens with zero attached hydrogens (tertiary/aromatic N) is 4. The van der Waals surface area contributed by atoms with Crippen molar-refractivity contribution in [3.05, 3.63) is 65.7 Å². The molecule has 0 saturated heterocycles. The predicted molar refractivity (Wildman–Crippen MR) is 111 cm³/mol. The molecule has 0 saturated carbocycles. The Kier molecular flexibility index (Phi) is 5.09. The van der Waals surface area contributed by atoms with Crippen molar-refractivity contribution in [1.29, 1.82) is 0 Å². The first-order valence-electron chi connectivity index (χ1n) is 9.47. The standard InChI is InChI=1S/C21H23N7O/c1-13(22)21-26-20(16-6-4-3-5-7-16)27-28(21)12-19(29)23-11-15-8-9-17-18(10-15)25-14(2)24-17/h3-10,13H,11-12,22H2,1-2H3,(H,23,29)(H,24,25)/t13-/m0/s1. The number of aromatic amines is 1. The number of carbonyl (C=O) groups excluding carboxylic acids is 1. The zero-order chi connectivity index (χ0) is 20.4. The van der Waals surface area contributed by atoms with Crippen molar-refractivity contribution in [2.75, 3.05) is 0 Å². The van der Waals surface area contributed by atoms with Crippen LogP contribution in [0.5, 0.6) is 0 Å². The summed E-state index contributed by atoms with van der Waals surface area (Å²) in [5.41, 5.74) is 9.78. The van der Waals surface area contributed by atoms with Crippen LogP contribution in [0.2, 0.25) is 0 Å². The third kappa shape index (κ3) is 4.17. The Bertz CT molecular complexity index is 1140. The molecule has 0 aliphatic rings. The van der Waals surface area contributed by atoms with Crippen molar-refractivity contribution in [1.82, 2.24) is 30.0 Å². The molecule has 1 amide bonds. The lowest BCUT2D eigenvalue weighted by atomic mass is 10.2. The number of amides is 1. The molecule has 4 N–H and O–H groups in total. The lowest BCUT2D eigenvalue weighted by Crippen LogP contribution is -2.29. The minimum atomic E-state index is -0.334. The number of nitrogens with two attached hydrogens (primary N) is 1. The first-order chi connectivity index (χ1) is 14.0. The van der Waals surface area contributed by atoms with Crippen LogP contribution in [0.3, 0.4) is 0 Å². The number of benzene rings is 2. The van der Waals surface area contributed by atoms with Crippen LogP contribution in [-0.2, 0) is 17.9 Å². The number of carbonyl (C=O) groups is 1. The Morgan fingerprint density at radius 2 is 2.00 bits per heavy atom. The highest BCUT2D eigenvalue weighted by Gasteiger charge is 2.17. The number of H-pyrrole nitrogens is 1. The largest absolute Gasteiger partial charge is 0.350 e. The van der Waals surface area contributed by atoms with E-state index < -0.39 is 0 Å². The van der Waals surface area contributed by atoms with Crippen molar-refractivity contribution >= 4 is 16.9 Å². The van der Waals surface area contributed by atoms with E-state index in [-0.39, 0.29) is 18.5 Å². The van der Waals surface area contributed by atoms with E-state index in [1.54, 1.807) is 4.68 Å². The number of nitrogens with one attached hydrogen (secondary N) is 2. The molecule has 0 bridgehead atoms. The van der Waals surface area contributed by atoms with Gasteiger partial charge in [0, 0.05) is 12.1 Å². The second kappa shape index (κ2) is 7.84. The molecular weight excluding hydrogens is 366 g/mol. The molecule has 1 atom stereocenters. The van der Waals surface area contributed by atoms with Crippen molar-refractivity contribution in [2.24, 2.45) is 5.73 Å². The van der Waals surface area contributed by atoms with Crippen molar-refractivity contribution < 1.29 is 4.79 Å². The number of fused-ring (bicyclic) bond motifs is 1. The summed E-state index contributed by atoms with van der Waals surface area (Å²) in [5.74, 6) is 1.85. The minimum Gasteiger partial charge on any atom is -0.350 e. The zero-order valence-electron chi connectivity index (χ0n) is 16.4. The van der Waals surface area contributed by atoms with Gasteiger partial charge in [0.25, 0.3) is 0 Å². The quantitative estimate of drug-likeness (QED) is 0.469. The Labute approximate surface area is 168 Å². The lowest BCUT2D eigenvalue weighted by Gasteiger charge is -2.09. The van der Waals surface area contributed by atoms with Gasteiger partial charge in [0.2, 0.25) is 5.91 Å². The molecular formula is C21H23N7O. The summed E-state index contributed by atoms with van der Waals surface area (Å²) >= 11 is 0. The maximum atomic E-state index is 12.5. The number of rotatable bonds is 6.